The van der Waals surface area contributed by atoms with Crippen molar-refractivity contribution in [2.75, 3.05) is 6.61 Å². The first kappa shape index (κ1) is 13.1. The molecule has 0 spiro atoms. The second-order valence-corrected chi connectivity index (χ2v) is 4.32. The fourth-order valence-electron chi connectivity index (χ4n) is 1.90. The van der Waals surface area contributed by atoms with Gasteiger partial charge in [-0.25, -0.2) is 9.48 Å². The minimum atomic E-state index is -0.622. The first-order valence-corrected chi connectivity index (χ1v) is 6.06. The molecule has 0 atom stereocenters. The van der Waals surface area contributed by atoms with Gasteiger partial charge in [0.1, 0.15) is 0 Å². The molecule has 0 bridgehead atoms. The summed E-state index contributed by atoms with van der Waals surface area (Å²) in [6, 6.07) is 5.86. The SMILES string of the molecule is CCOC(=O)c1nn(-c2ccc(C)cc2C)cc1O. The van der Waals surface area contributed by atoms with E-state index in [0.717, 1.165) is 16.8 Å². The Balaban J connectivity index is 2.42. The lowest BCUT2D eigenvalue weighted by atomic mass is 10.1. The van der Waals surface area contributed by atoms with Crippen molar-refractivity contribution < 1.29 is 14.6 Å². The number of aromatic nitrogens is 2. The first-order valence-electron chi connectivity index (χ1n) is 6.06. The van der Waals surface area contributed by atoms with Crippen LogP contribution in [-0.2, 0) is 4.74 Å². The van der Waals surface area contributed by atoms with Crippen molar-refractivity contribution in [3.63, 3.8) is 0 Å². The van der Waals surface area contributed by atoms with Crippen LogP contribution in [0.1, 0.15) is 28.5 Å². The molecule has 0 unspecified atom stereocenters. The molecule has 5 nitrogen and oxygen atoms in total. The largest absolute Gasteiger partial charge is 0.504 e. The van der Waals surface area contributed by atoms with Crippen LogP contribution in [0.3, 0.4) is 0 Å². The molecular formula is C14H16N2O3. The third kappa shape index (κ3) is 2.59. The fraction of sp³-hybridized carbons (Fsp3) is 0.286. The first-order chi connectivity index (χ1) is 9.02. The van der Waals surface area contributed by atoms with Crippen molar-refractivity contribution in [1.29, 1.82) is 0 Å². The van der Waals surface area contributed by atoms with Crippen LogP contribution in [0.2, 0.25) is 0 Å². The Morgan fingerprint density at radius 3 is 2.79 bits per heavy atom. The molecule has 0 aliphatic rings. The molecule has 2 aromatic rings. The molecule has 1 aromatic heterocycles. The maximum atomic E-state index is 11.6. The van der Waals surface area contributed by atoms with E-state index in [2.05, 4.69) is 5.10 Å². The molecule has 0 aliphatic carbocycles. The smallest absolute Gasteiger partial charge is 0.362 e. The van der Waals surface area contributed by atoms with E-state index in [-0.39, 0.29) is 18.1 Å². The van der Waals surface area contributed by atoms with Crippen molar-refractivity contribution in [3.8, 4) is 11.4 Å². The van der Waals surface area contributed by atoms with Gasteiger partial charge in [-0.15, -0.1) is 0 Å². The third-order valence-electron chi connectivity index (χ3n) is 2.76. The Morgan fingerprint density at radius 2 is 2.16 bits per heavy atom. The van der Waals surface area contributed by atoms with Crippen LogP contribution in [0.25, 0.3) is 5.69 Å². The van der Waals surface area contributed by atoms with Crippen molar-refractivity contribution in [2.24, 2.45) is 0 Å². The molecule has 1 N–H and O–H groups in total. The summed E-state index contributed by atoms with van der Waals surface area (Å²) >= 11 is 0. The van der Waals surface area contributed by atoms with Crippen molar-refractivity contribution in [3.05, 3.63) is 41.2 Å². The van der Waals surface area contributed by atoms with E-state index >= 15 is 0 Å². The maximum absolute atomic E-state index is 11.6. The predicted octanol–water partition coefficient (Wildman–Crippen LogP) is 2.37. The minimum Gasteiger partial charge on any atom is -0.504 e. The quantitative estimate of drug-likeness (QED) is 0.860. The molecule has 0 radical (unpaired) electrons. The monoisotopic (exact) mass is 260 g/mol. The van der Waals surface area contributed by atoms with Crippen LogP contribution in [0.5, 0.6) is 5.75 Å². The molecule has 0 aliphatic heterocycles. The van der Waals surface area contributed by atoms with Crippen LogP contribution >= 0.6 is 0 Å². The minimum absolute atomic E-state index is 0.0678. The Hall–Kier alpha value is -2.30. The number of aromatic hydroxyl groups is 1. The summed E-state index contributed by atoms with van der Waals surface area (Å²) in [5.74, 6) is -0.804. The number of carbonyl (C=O) groups is 1. The van der Waals surface area contributed by atoms with E-state index in [1.54, 1.807) is 6.92 Å². The van der Waals surface area contributed by atoms with Gasteiger partial charge in [0.2, 0.25) is 5.69 Å². The second-order valence-electron chi connectivity index (χ2n) is 4.32. The Kier molecular flexibility index (Phi) is 3.55. The van der Waals surface area contributed by atoms with Crippen LogP contribution in [-0.4, -0.2) is 27.5 Å². The lowest BCUT2D eigenvalue weighted by molar-refractivity contribution is 0.0515. The summed E-state index contributed by atoms with van der Waals surface area (Å²) in [5, 5.41) is 13.8. The molecule has 0 amide bonds. The Morgan fingerprint density at radius 1 is 1.42 bits per heavy atom. The van der Waals surface area contributed by atoms with Gasteiger partial charge in [-0.3, -0.25) is 0 Å². The molecule has 0 fully saturated rings. The lowest BCUT2D eigenvalue weighted by Gasteiger charge is -2.06. The van der Waals surface area contributed by atoms with Crippen molar-refractivity contribution >= 4 is 5.97 Å². The van der Waals surface area contributed by atoms with Crippen LogP contribution in [0.4, 0.5) is 0 Å². The maximum Gasteiger partial charge on any atom is 0.362 e. The second kappa shape index (κ2) is 5.14. The van der Waals surface area contributed by atoms with E-state index in [4.69, 9.17) is 4.74 Å². The van der Waals surface area contributed by atoms with Gasteiger partial charge in [-0.1, -0.05) is 17.7 Å². The molecule has 1 aromatic carbocycles. The number of ether oxygens (including phenoxy) is 1. The summed E-state index contributed by atoms with van der Waals surface area (Å²) < 4.78 is 6.32. The summed E-state index contributed by atoms with van der Waals surface area (Å²) in [4.78, 5) is 11.6. The predicted molar refractivity (Wildman–Crippen MR) is 70.7 cm³/mol. The van der Waals surface area contributed by atoms with Crippen molar-refractivity contribution in [2.45, 2.75) is 20.8 Å². The van der Waals surface area contributed by atoms with Gasteiger partial charge in [0.05, 0.1) is 18.5 Å². The Bertz CT molecular complexity index is 617. The number of carbonyl (C=O) groups excluding carboxylic acids is 1. The van der Waals surface area contributed by atoms with Crippen LogP contribution in [0, 0.1) is 13.8 Å². The van der Waals surface area contributed by atoms with E-state index < -0.39 is 5.97 Å². The number of esters is 1. The average Bonchev–Trinajstić information content (AvgIpc) is 2.71. The van der Waals surface area contributed by atoms with Gasteiger partial charge in [-0.05, 0) is 32.4 Å². The standard InChI is InChI=1S/C14H16N2O3/c1-4-19-14(18)13-12(17)8-16(15-13)11-6-5-9(2)7-10(11)3/h5-8,17H,4H2,1-3H3. The third-order valence-corrected chi connectivity index (χ3v) is 2.76. The highest BCUT2D eigenvalue weighted by atomic mass is 16.5. The van der Waals surface area contributed by atoms with Gasteiger partial charge >= 0.3 is 5.97 Å². The highest BCUT2D eigenvalue weighted by Crippen LogP contribution is 2.21. The molecule has 19 heavy (non-hydrogen) atoms. The molecule has 1 heterocycles. The van der Waals surface area contributed by atoms with Gasteiger partial charge < -0.3 is 9.84 Å². The number of hydrogen-bond acceptors (Lipinski definition) is 4. The zero-order valence-electron chi connectivity index (χ0n) is 11.2. The normalized spacial score (nSPS) is 10.5. The lowest BCUT2D eigenvalue weighted by Crippen LogP contribution is -2.07. The zero-order chi connectivity index (χ0) is 14.0. The zero-order valence-corrected chi connectivity index (χ0v) is 11.2. The van der Waals surface area contributed by atoms with Crippen LogP contribution in [0.15, 0.2) is 24.4 Å². The topological polar surface area (TPSA) is 64.3 Å². The molecule has 100 valence electrons. The van der Waals surface area contributed by atoms with E-state index in [0.29, 0.717) is 0 Å². The van der Waals surface area contributed by atoms with Gasteiger partial charge in [-0.2, -0.15) is 5.10 Å². The fourth-order valence-corrected chi connectivity index (χ4v) is 1.90. The van der Waals surface area contributed by atoms with E-state index in [1.807, 2.05) is 32.0 Å². The summed E-state index contributed by atoms with van der Waals surface area (Å²) in [6.07, 6.45) is 1.41. The van der Waals surface area contributed by atoms with Gasteiger partial charge in [0, 0.05) is 0 Å². The number of benzene rings is 1. The van der Waals surface area contributed by atoms with E-state index in [1.165, 1.54) is 10.9 Å². The number of aryl methyl sites for hydroxylation is 2. The molecular weight excluding hydrogens is 244 g/mol. The molecule has 0 saturated carbocycles. The number of rotatable bonds is 3. The Labute approximate surface area is 111 Å². The summed E-state index contributed by atoms with van der Waals surface area (Å²) in [5.41, 5.74) is 2.90. The molecule has 2 rings (SSSR count). The molecule has 0 saturated heterocycles. The summed E-state index contributed by atoms with van der Waals surface area (Å²) in [6.45, 7) is 5.90. The number of hydrogen-bond donors (Lipinski definition) is 1. The van der Waals surface area contributed by atoms with Gasteiger partial charge in [0.15, 0.2) is 5.75 Å². The van der Waals surface area contributed by atoms with Crippen LogP contribution < -0.4 is 0 Å². The van der Waals surface area contributed by atoms with E-state index in [9.17, 15) is 9.90 Å². The summed E-state index contributed by atoms with van der Waals surface area (Å²) in [7, 11) is 0. The van der Waals surface area contributed by atoms with Gasteiger partial charge in [0.25, 0.3) is 0 Å². The van der Waals surface area contributed by atoms with Crippen molar-refractivity contribution in [1.82, 2.24) is 9.78 Å². The average molecular weight is 260 g/mol. The number of nitrogens with zero attached hydrogens (tertiary/aromatic N) is 2. The molecule has 5 heteroatoms. The highest BCUT2D eigenvalue weighted by Gasteiger charge is 2.18. The highest BCUT2D eigenvalue weighted by molar-refractivity contribution is 5.90.